The van der Waals surface area contributed by atoms with Gasteiger partial charge in [-0.3, -0.25) is 19.1 Å². The zero-order valence-electron chi connectivity index (χ0n) is 22.7. The Balaban J connectivity index is 2.54. The first-order chi connectivity index (χ1) is 17.5. The predicted octanol–water partition coefficient (Wildman–Crippen LogP) is 1.60. The number of rotatable bonds is 12. The maximum Gasteiger partial charge on any atom is 0.328 e. The molecule has 36 heavy (non-hydrogen) atoms. The van der Waals surface area contributed by atoms with Crippen molar-refractivity contribution in [1.82, 2.24) is 19.5 Å². The smallest absolute Gasteiger partial charge is 0.328 e. The zero-order valence-corrected chi connectivity index (χ0v) is 22.6. The number of aromatic nitrogens is 2. The van der Waals surface area contributed by atoms with Crippen molar-refractivity contribution in [2.45, 2.75) is 78.0 Å². The van der Waals surface area contributed by atoms with Gasteiger partial charge in [0, 0.05) is 32.3 Å². The quantitative estimate of drug-likeness (QED) is 0.238. The summed E-state index contributed by atoms with van der Waals surface area (Å²) in [7, 11) is -0.249. The van der Waals surface area contributed by atoms with Gasteiger partial charge in [-0.15, -0.1) is 0 Å². The summed E-state index contributed by atoms with van der Waals surface area (Å²) in [4.78, 5) is 42.5. The van der Waals surface area contributed by atoms with Crippen molar-refractivity contribution in [2.75, 3.05) is 33.4 Å². The van der Waals surface area contributed by atoms with E-state index < -0.39 is 44.1 Å². The van der Waals surface area contributed by atoms with E-state index in [1.807, 2.05) is 32.4 Å². The fraction of sp³-hybridized carbons (Fsp3) is 0.739. The summed E-state index contributed by atoms with van der Waals surface area (Å²) in [6, 6.07) is -0.695. The third-order valence-electron chi connectivity index (χ3n) is 5.60. The Morgan fingerprint density at radius 2 is 2.08 bits per heavy atom. The van der Waals surface area contributed by atoms with Gasteiger partial charge in [-0.25, -0.2) is 16.0 Å². The van der Waals surface area contributed by atoms with Crippen LogP contribution in [-0.4, -0.2) is 83.9 Å². The molecule has 5 atom stereocenters. The molecule has 1 amide bonds. The Hall–Kier alpha value is -2.13. The largest absolute Gasteiger partial charge is 0.373 e. The molecule has 2 N–H and O–H groups in total. The number of hydrogen-bond acceptors (Lipinski definition) is 8. The number of likely N-dealkylation sites (N-methyl/N-ethyl adjacent to an activating group) is 1. The first kappa shape index (κ1) is 28.4. The molecule has 202 valence electrons. The molecule has 13 heteroatoms. The standard InChI is InChI=1S/C23H38N5O7P/c1-14(2)28(15(3)4)36(34-10-9-24-7)35-20-17(6)32-12-18(21(20)33-13-19(29)25-8)27-11-16(5)22(30)26-23(27)31/h11,14-15,17-18,20-21H,9-10,12-13H2,1-6,8H3,(H,25,29)(H,26,30,31)/t17-,18-,20-,21+,36?/m1/s1/i6D. The third-order valence-corrected chi connectivity index (χ3v) is 7.73. The van der Waals surface area contributed by atoms with Crippen LogP contribution >= 0.6 is 8.53 Å². The molecular formula is C23H38N5O7P. The Kier molecular flexibility index (Phi) is 11.0. The van der Waals surface area contributed by atoms with E-state index >= 15 is 0 Å². The lowest BCUT2D eigenvalue weighted by Gasteiger charge is -2.44. The van der Waals surface area contributed by atoms with Crippen LogP contribution in [0.5, 0.6) is 0 Å². The summed E-state index contributed by atoms with van der Waals surface area (Å²) < 4.78 is 36.0. The summed E-state index contributed by atoms with van der Waals surface area (Å²) in [5.74, 6) is -0.377. The molecule has 0 aliphatic carbocycles. The monoisotopic (exact) mass is 528 g/mol. The molecule has 0 spiro atoms. The minimum atomic E-state index is -1.73. The van der Waals surface area contributed by atoms with E-state index in [1.165, 1.54) is 17.8 Å². The van der Waals surface area contributed by atoms with Gasteiger partial charge in [0.15, 0.2) is 0 Å². The van der Waals surface area contributed by atoms with Gasteiger partial charge in [-0.1, -0.05) is 0 Å². The van der Waals surface area contributed by atoms with Crippen molar-refractivity contribution in [3.8, 4) is 0 Å². The number of ether oxygens (including phenoxy) is 2. The Labute approximate surface area is 214 Å². The highest BCUT2D eigenvalue weighted by atomic mass is 31.2. The molecule has 1 unspecified atom stereocenters. The molecule has 0 saturated carbocycles. The van der Waals surface area contributed by atoms with Gasteiger partial charge in [-0.2, -0.15) is 0 Å². The molecule has 1 aliphatic rings. The Bertz CT molecular complexity index is 1040. The van der Waals surface area contributed by atoms with Crippen LogP contribution in [0.4, 0.5) is 0 Å². The Morgan fingerprint density at radius 3 is 2.67 bits per heavy atom. The van der Waals surface area contributed by atoms with Gasteiger partial charge < -0.3 is 28.7 Å². The lowest BCUT2D eigenvalue weighted by molar-refractivity contribution is -0.170. The van der Waals surface area contributed by atoms with E-state index in [1.54, 1.807) is 6.92 Å². The highest BCUT2D eigenvalue weighted by Crippen LogP contribution is 2.49. The van der Waals surface area contributed by atoms with E-state index in [0.717, 1.165) is 0 Å². The van der Waals surface area contributed by atoms with E-state index in [4.69, 9.17) is 26.5 Å². The summed E-state index contributed by atoms with van der Waals surface area (Å²) in [5, 5.41) is 2.50. The lowest BCUT2D eigenvalue weighted by atomic mass is 9.98. The number of aromatic amines is 1. The van der Waals surface area contributed by atoms with Crippen LogP contribution in [0.1, 0.15) is 47.6 Å². The van der Waals surface area contributed by atoms with Gasteiger partial charge in [0.2, 0.25) is 12.5 Å². The molecule has 1 aromatic rings. The van der Waals surface area contributed by atoms with Crippen LogP contribution in [0.25, 0.3) is 4.85 Å². The molecule has 0 radical (unpaired) electrons. The SMILES string of the molecule is [2H]C[C@H]1OC[C@@H](n2cc(C)c(=O)[nH]c2=O)[C@H](OCC(=O)NC)[C@@H]1OP(OCC[N+]#[C-])N(C(C)C)C(C)C. The normalized spacial score (nSPS) is 23.5. The van der Waals surface area contributed by atoms with Crippen LogP contribution in [0, 0.1) is 13.5 Å². The minimum absolute atomic E-state index is 0.00178. The van der Waals surface area contributed by atoms with Crippen molar-refractivity contribution >= 4 is 14.4 Å². The lowest BCUT2D eigenvalue weighted by Crippen LogP contribution is -2.55. The van der Waals surface area contributed by atoms with Crippen LogP contribution in [0.15, 0.2) is 15.8 Å². The molecule has 1 aromatic heterocycles. The van der Waals surface area contributed by atoms with Crippen molar-refractivity contribution in [1.29, 1.82) is 0 Å². The minimum Gasteiger partial charge on any atom is -0.373 e. The average Bonchev–Trinajstić information content (AvgIpc) is 2.84. The molecule has 1 saturated heterocycles. The van der Waals surface area contributed by atoms with Crippen LogP contribution in [0.2, 0.25) is 0 Å². The molecule has 2 heterocycles. The molecular weight excluding hydrogens is 489 g/mol. The number of nitrogens with one attached hydrogen (secondary N) is 2. The zero-order chi connectivity index (χ0) is 27.7. The van der Waals surface area contributed by atoms with Crippen molar-refractivity contribution < 1.29 is 24.7 Å². The summed E-state index contributed by atoms with van der Waals surface area (Å²) >= 11 is 0. The number of amides is 1. The maximum atomic E-state index is 12.8. The van der Waals surface area contributed by atoms with Crippen molar-refractivity contribution in [2.24, 2.45) is 0 Å². The molecule has 2 rings (SSSR count). The maximum absolute atomic E-state index is 12.8. The summed E-state index contributed by atoms with van der Waals surface area (Å²) in [5.41, 5.74) is -0.832. The number of H-pyrrole nitrogens is 1. The number of hydrogen-bond donors (Lipinski definition) is 2. The molecule has 0 bridgehead atoms. The second kappa shape index (κ2) is 14.0. The number of aryl methyl sites for hydroxylation is 1. The van der Waals surface area contributed by atoms with E-state index in [0.29, 0.717) is 5.56 Å². The first-order valence-electron chi connectivity index (χ1n) is 12.5. The van der Waals surface area contributed by atoms with Crippen LogP contribution in [0.3, 0.4) is 0 Å². The highest BCUT2D eigenvalue weighted by molar-refractivity contribution is 7.44. The highest BCUT2D eigenvalue weighted by Gasteiger charge is 2.45. The van der Waals surface area contributed by atoms with E-state index in [9.17, 15) is 14.4 Å². The van der Waals surface area contributed by atoms with Gasteiger partial charge in [0.1, 0.15) is 25.4 Å². The molecule has 0 aromatic carbocycles. The number of carbonyl (C=O) groups excluding carboxylic acids is 1. The second-order valence-corrected chi connectivity index (χ2v) is 10.4. The van der Waals surface area contributed by atoms with Gasteiger partial charge >= 0.3 is 5.69 Å². The van der Waals surface area contributed by atoms with Gasteiger partial charge in [0.05, 0.1) is 18.8 Å². The molecule has 1 fully saturated rings. The van der Waals surface area contributed by atoms with E-state index in [-0.39, 0.29) is 51.3 Å². The van der Waals surface area contributed by atoms with Crippen LogP contribution < -0.4 is 16.6 Å². The fourth-order valence-electron chi connectivity index (χ4n) is 3.88. The van der Waals surface area contributed by atoms with Crippen molar-refractivity contribution in [3.63, 3.8) is 0 Å². The first-order valence-corrected chi connectivity index (χ1v) is 12.9. The number of carbonyl (C=O) groups is 1. The molecule has 12 nitrogen and oxygen atoms in total. The van der Waals surface area contributed by atoms with Gasteiger partial charge in [-0.05, 0) is 41.5 Å². The Morgan fingerprint density at radius 1 is 1.39 bits per heavy atom. The van der Waals surface area contributed by atoms with E-state index in [2.05, 4.69) is 15.1 Å². The fourth-order valence-corrected chi connectivity index (χ4v) is 5.64. The predicted molar refractivity (Wildman–Crippen MR) is 136 cm³/mol. The second-order valence-electron chi connectivity index (χ2n) is 8.96. The van der Waals surface area contributed by atoms with Crippen LogP contribution in [-0.2, 0) is 23.3 Å². The topological polar surface area (TPSA) is 128 Å². The van der Waals surface area contributed by atoms with Crippen molar-refractivity contribution in [3.05, 3.63) is 44.0 Å². The number of nitrogens with zero attached hydrogens (tertiary/aromatic N) is 3. The van der Waals surface area contributed by atoms with Gasteiger partial charge in [0.25, 0.3) is 14.1 Å². The summed E-state index contributed by atoms with van der Waals surface area (Å²) in [6.45, 7) is 16.5. The average molecular weight is 529 g/mol. The third kappa shape index (κ3) is 7.68. The summed E-state index contributed by atoms with van der Waals surface area (Å²) in [6.07, 6.45) is -1.09. The molecule has 1 aliphatic heterocycles.